The maximum Gasteiger partial charge on any atom is 0.259 e. The summed E-state index contributed by atoms with van der Waals surface area (Å²) in [5.74, 6) is -0.742. The maximum atomic E-state index is 11.9. The summed E-state index contributed by atoms with van der Waals surface area (Å²) >= 11 is 3.29. The van der Waals surface area contributed by atoms with Gasteiger partial charge in [-0.05, 0) is 36.4 Å². The van der Waals surface area contributed by atoms with Crippen molar-refractivity contribution in [1.82, 2.24) is 0 Å². The first kappa shape index (κ1) is 12.4. The van der Waals surface area contributed by atoms with Crippen molar-refractivity contribution >= 4 is 27.5 Å². The van der Waals surface area contributed by atoms with E-state index in [1.165, 1.54) is 18.2 Å². The average molecular weight is 308 g/mol. The second-order valence-corrected chi connectivity index (χ2v) is 4.58. The summed E-state index contributed by atoms with van der Waals surface area (Å²) < 4.78 is 0.834. The molecule has 0 bridgehead atoms. The summed E-state index contributed by atoms with van der Waals surface area (Å²) in [5.41, 5.74) is 0.618. The van der Waals surface area contributed by atoms with Crippen LogP contribution in [-0.2, 0) is 0 Å². The molecule has 0 unspecified atom stereocenters. The molecule has 0 aliphatic heterocycles. The second-order valence-electron chi connectivity index (χ2n) is 3.67. The molecule has 4 nitrogen and oxygen atoms in total. The van der Waals surface area contributed by atoms with E-state index in [1.807, 2.05) is 6.07 Å². The standard InChI is InChI=1S/C13H10BrNO3/c14-8-2-1-3-9(6-8)15-13(18)11-7-10(16)4-5-12(11)17/h1-7,16-17H,(H,15,18). The summed E-state index contributed by atoms with van der Waals surface area (Å²) in [6.07, 6.45) is 0. The summed E-state index contributed by atoms with van der Waals surface area (Å²) in [4.78, 5) is 11.9. The number of hydrogen-bond donors (Lipinski definition) is 3. The van der Waals surface area contributed by atoms with Crippen LogP contribution in [0.25, 0.3) is 0 Å². The molecule has 2 rings (SSSR count). The minimum Gasteiger partial charge on any atom is -0.508 e. The summed E-state index contributed by atoms with van der Waals surface area (Å²) in [6, 6.07) is 10.9. The number of phenolic OH excluding ortho intramolecular Hbond substituents is 2. The molecule has 5 heteroatoms. The molecule has 0 aliphatic rings. The number of amides is 1. The Morgan fingerprint density at radius 2 is 1.89 bits per heavy atom. The first-order valence-corrected chi connectivity index (χ1v) is 5.94. The molecular formula is C13H10BrNO3. The third-order valence-electron chi connectivity index (χ3n) is 2.31. The third-order valence-corrected chi connectivity index (χ3v) is 2.80. The lowest BCUT2D eigenvalue weighted by molar-refractivity contribution is 0.102. The molecule has 0 saturated carbocycles. The van der Waals surface area contributed by atoms with Gasteiger partial charge in [-0.3, -0.25) is 4.79 Å². The number of carbonyl (C=O) groups is 1. The SMILES string of the molecule is O=C(Nc1cccc(Br)c1)c1cc(O)ccc1O. The molecule has 0 aromatic heterocycles. The highest BCUT2D eigenvalue weighted by molar-refractivity contribution is 9.10. The largest absolute Gasteiger partial charge is 0.508 e. The van der Waals surface area contributed by atoms with Crippen molar-refractivity contribution in [2.45, 2.75) is 0 Å². The first-order valence-electron chi connectivity index (χ1n) is 5.15. The van der Waals surface area contributed by atoms with Gasteiger partial charge in [-0.2, -0.15) is 0 Å². The number of aromatic hydroxyl groups is 2. The Labute approximate surface area is 112 Å². The van der Waals surface area contributed by atoms with Gasteiger partial charge in [0.1, 0.15) is 11.5 Å². The van der Waals surface area contributed by atoms with E-state index in [4.69, 9.17) is 0 Å². The minimum atomic E-state index is -0.485. The van der Waals surface area contributed by atoms with Crippen molar-refractivity contribution in [2.75, 3.05) is 5.32 Å². The lowest BCUT2D eigenvalue weighted by atomic mass is 10.1. The van der Waals surface area contributed by atoms with E-state index in [0.29, 0.717) is 5.69 Å². The minimum absolute atomic E-state index is 0.0231. The molecule has 2 aromatic carbocycles. The highest BCUT2D eigenvalue weighted by Gasteiger charge is 2.12. The van der Waals surface area contributed by atoms with Gasteiger partial charge in [0.2, 0.25) is 0 Å². The number of halogens is 1. The maximum absolute atomic E-state index is 11.9. The van der Waals surface area contributed by atoms with Crippen molar-refractivity contribution < 1.29 is 15.0 Å². The second kappa shape index (κ2) is 5.10. The molecule has 0 aliphatic carbocycles. The molecule has 3 N–H and O–H groups in total. The van der Waals surface area contributed by atoms with Crippen molar-refractivity contribution in [3.8, 4) is 11.5 Å². The topological polar surface area (TPSA) is 69.6 Å². The molecule has 0 saturated heterocycles. The Morgan fingerprint density at radius 3 is 2.61 bits per heavy atom. The number of hydrogen-bond acceptors (Lipinski definition) is 3. The van der Waals surface area contributed by atoms with Crippen LogP contribution < -0.4 is 5.32 Å². The highest BCUT2D eigenvalue weighted by Crippen LogP contribution is 2.23. The molecule has 2 aromatic rings. The van der Waals surface area contributed by atoms with Crippen molar-refractivity contribution in [1.29, 1.82) is 0 Å². The van der Waals surface area contributed by atoms with E-state index in [-0.39, 0.29) is 17.1 Å². The van der Waals surface area contributed by atoms with Gasteiger partial charge in [0, 0.05) is 10.2 Å². The van der Waals surface area contributed by atoms with E-state index in [1.54, 1.807) is 18.2 Å². The highest BCUT2D eigenvalue weighted by atomic mass is 79.9. The van der Waals surface area contributed by atoms with Crippen LogP contribution in [0.3, 0.4) is 0 Å². The average Bonchev–Trinajstić information content (AvgIpc) is 2.32. The van der Waals surface area contributed by atoms with Gasteiger partial charge in [0.25, 0.3) is 5.91 Å². The first-order chi connectivity index (χ1) is 8.56. The van der Waals surface area contributed by atoms with E-state index in [0.717, 1.165) is 4.47 Å². The fourth-order valence-electron chi connectivity index (χ4n) is 1.47. The molecular weight excluding hydrogens is 298 g/mol. The zero-order valence-corrected chi connectivity index (χ0v) is 10.8. The monoisotopic (exact) mass is 307 g/mol. The van der Waals surface area contributed by atoms with E-state index in [9.17, 15) is 15.0 Å². The summed E-state index contributed by atoms with van der Waals surface area (Å²) in [7, 11) is 0. The van der Waals surface area contributed by atoms with Gasteiger partial charge in [-0.1, -0.05) is 22.0 Å². The molecule has 0 atom stereocenters. The lowest BCUT2D eigenvalue weighted by Gasteiger charge is -2.07. The molecule has 0 radical (unpaired) electrons. The molecule has 0 heterocycles. The van der Waals surface area contributed by atoms with Gasteiger partial charge < -0.3 is 15.5 Å². The Hall–Kier alpha value is -2.01. The van der Waals surface area contributed by atoms with Gasteiger partial charge in [-0.25, -0.2) is 0 Å². The zero-order chi connectivity index (χ0) is 13.1. The van der Waals surface area contributed by atoms with E-state index >= 15 is 0 Å². The molecule has 0 fully saturated rings. The van der Waals surface area contributed by atoms with E-state index < -0.39 is 5.91 Å². The summed E-state index contributed by atoms with van der Waals surface area (Å²) in [5, 5.41) is 21.5. The summed E-state index contributed by atoms with van der Waals surface area (Å²) in [6.45, 7) is 0. The number of benzene rings is 2. The van der Waals surface area contributed by atoms with E-state index in [2.05, 4.69) is 21.2 Å². The van der Waals surface area contributed by atoms with Crippen LogP contribution in [0.2, 0.25) is 0 Å². The lowest BCUT2D eigenvalue weighted by Crippen LogP contribution is -2.11. The van der Waals surface area contributed by atoms with Gasteiger partial charge in [0.05, 0.1) is 5.56 Å². The number of anilines is 1. The smallest absolute Gasteiger partial charge is 0.259 e. The van der Waals surface area contributed by atoms with Crippen LogP contribution in [-0.4, -0.2) is 16.1 Å². The fourth-order valence-corrected chi connectivity index (χ4v) is 1.87. The van der Waals surface area contributed by atoms with Crippen LogP contribution >= 0.6 is 15.9 Å². The van der Waals surface area contributed by atoms with Crippen LogP contribution in [0.5, 0.6) is 11.5 Å². The van der Waals surface area contributed by atoms with Crippen molar-refractivity contribution in [2.24, 2.45) is 0 Å². The zero-order valence-electron chi connectivity index (χ0n) is 9.22. The Kier molecular flexibility index (Phi) is 3.53. The van der Waals surface area contributed by atoms with Crippen LogP contribution in [0.1, 0.15) is 10.4 Å². The molecule has 1 amide bonds. The predicted octanol–water partition coefficient (Wildman–Crippen LogP) is 3.11. The van der Waals surface area contributed by atoms with Crippen LogP contribution in [0.4, 0.5) is 5.69 Å². The Bertz CT molecular complexity index is 599. The number of carbonyl (C=O) groups excluding carboxylic acids is 1. The number of phenols is 2. The van der Waals surface area contributed by atoms with Gasteiger partial charge in [-0.15, -0.1) is 0 Å². The molecule has 92 valence electrons. The molecule has 18 heavy (non-hydrogen) atoms. The fraction of sp³-hybridized carbons (Fsp3) is 0. The number of rotatable bonds is 2. The predicted molar refractivity (Wildman–Crippen MR) is 71.9 cm³/mol. The van der Waals surface area contributed by atoms with Crippen molar-refractivity contribution in [3.63, 3.8) is 0 Å². The molecule has 0 spiro atoms. The Morgan fingerprint density at radius 1 is 1.11 bits per heavy atom. The Balaban J connectivity index is 2.24. The van der Waals surface area contributed by atoms with Gasteiger partial charge in [0.15, 0.2) is 0 Å². The van der Waals surface area contributed by atoms with Crippen molar-refractivity contribution in [3.05, 3.63) is 52.5 Å². The van der Waals surface area contributed by atoms with Crippen LogP contribution in [0, 0.1) is 0 Å². The third kappa shape index (κ3) is 2.81. The quantitative estimate of drug-likeness (QED) is 0.747. The van der Waals surface area contributed by atoms with Crippen LogP contribution in [0.15, 0.2) is 46.9 Å². The van der Waals surface area contributed by atoms with Gasteiger partial charge >= 0.3 is 0 Å². The number of nitrogens with one attached hydrogen (secondary N) is 1. The normalized spacial score (nSPS) is 10.1.